The molecule has 10 nitrogen and oxygen atoms in total. The molecule has 12 heteroatoms. The highest BCUT2D eigenvalue weighted by Gasteiger charge is 2.28. The number of aryl methyl sites for hydroxylation is 2. The van der Waals surface area contributed by atoms with Crippen LogP contribution in [0, 0.1) is 0 Å². The van der Waals surface area contributed by atoms with Crippen molar-refractivity contribution in [2.75, 3.05) is 53.5 Å². The van der Waals surface area contributed by atoms with Crippen molar-refractivity contribution in [3.05, 3.63) is 44.4 Å². The summed E-state index contributed by atoms with van der Waals surface area (Å²) >= 11 is 12.4. The van der Waals surface area contributed by atoms with E-state index >= 15 is 0 Å². The van der Waals surface area contributed by atoms with Crippen LogP contribution in [0.4, 0.5) is 0 Å². The lowest BCUT2D eigenvalue weighted by atomic mass is 10.0. The standard InChI is InChI=1S/2C17H25ClN2O3/c2*1-4-11-9-13(18)16(23-3)14(15(11)21)17(22)19-10-12-7-6-8-20(12)5-2/h2*9,12,21H,4-8,10H2,1-3H3,(H,19,22)/t2*12-/m00/s1. The lowest BCUT2D eigenvalue weighted by Crippen LogP contribution is -2.40. The minimum absolute atomic E-state index is 0.0509. The van der Waals surface area contributed by atoms with Gasteiger partial charge in [-0.3, -0.25) is 19.4 Å². The molecule has 4 rings (SSSR count). The van der Waals surface area contributed by atoms with E-state index in [1.165, 1.54) is 14.2 Å². The van der Waals surface area contributed by atoms with Gasteiger partial charge in [-0.25, -0.2) is 0 Å². The van der Waals surface area contributed by atoms with Crippen LogP contribution in [-0.2, 0) is 12.8 Å². The van der Waals surface area contributed by atoms with Crippen LogP contribution in [0.25, 0.3) is 0 Å². The number of methoxy groups -OCH3 is 2. The van der Waals surface area contributed by atoms with E-state index in [1.54, 1.807) is 12.1 Å². The Morgan fingerprint density at radius 1 is 0.761 bits per heavy atom. The third-order valence-corrected chi connectivity index (χ3v) is 9.56. The number of halogens is 2. The number of carbonyl (C=O) groups is 2. The molecule has 2 aliphatic heterocycles. The Balaban J connectivity index is 0.000000250. The van der Waals surface area contributed by atoms with E-state index in [9.17, 15) is 19.8 Å². The van der Waals surface area contributed by atoms with E-state index in [0.717, 1.165) is 51.9 Å². The molecule has 256 valence electrons. The first kappa shape index (κ1) is 37.5. The van der Waals surface area contributed by atoms with Crippen LogP contribution in [-0.4, -0.2) is 97.4 Å². The number of carbonyl (C=O) groups excluding carboxylic acids is 2. The van der Waals surface area contributed by atoms with Gasteiger partial charge in [0.05, 0.1) is 24.3 Å². The Kier molecular flexibility index (Phi) is 14.6. The molecule has 0 bridgehead atoms. The number of amides is 2. The summed E-state index contributed by atoms with van der Waals surface area (Å²) in [6.45, 7) is 13.3. The van der Waals surface area contributed by atoms with Gasteiger partial charge in [0.1, 0.15) is 22.6 Å². The van der Waals surface area contributed by atoms with Crippen molar-refractivity contribution >= 4 is 35.0 Å². The van der Waals surface area contributed by atoms with Crippen LogP contribution in [0.5, 0.6) is 23.0 Å². The van der Waals surface area contributed by atoms with Gasteiger partial charge in [0.2, 0.25) is 0 Å². The summed E-state index contributed by atoms with van der Waals surface area (Å²) in [4.78, 5) is 29.9. The first-order chi connectivity index (χ1) is 22.1. The highest BCUT2D eigenvalue weighted by atomic mass is 35.5. The van der Waals surface area contributed by atoms with E-state index in [-0.39, 0.29) is 45.9 Å². The van der Waals surface area contributed by atoms with Gasteiger partial charge in [-0.1, -0.05) is 50.9 Å². The predicted octanol–water partition coefficient (Wildman–Crippen LogP) is 5.66. The molecule has 0 aliphatic carbocycles. The number of rotatable bonds is 12. The summed E-state index contributed by atoms with van der Waals surface area (Å²) in [5.74, 6) is -0.357. The third-order valence-electron chi connectivity index (χ3n) is 9.00. The zero-order valence-corrected chi connectivity index (χ0v) is 29.5. The summed E-state index contributed by atoms with van der Waals surface area (Å²) in [7, 11) is 2.89. The Labute approximate surface area is 283 Å². The quantitative estimate of drug-likeness (QED) is 0.226. The molecule has 2 amide bonds. The van der Waals surface area contributed by atoms with Crippen molar-refractivity contribution < 1.29 is 29.3 Å². The van der Waals surface area contributed by atoms with Gasteiger partial charge in [0.25, 0.3) is 11.8 Å². The number of phenolic OH excluding ortho intramolecular Hbond substituents is 2. The van der Waals surface area contributed by atoms with E-state index in [4.69, 9.17) is 32.7 Å². The van der Waals surface area contributed by atoms with Gasteiger partial charge in [-0.2, -0.15) is 0 Å². The highest BCUT2D eigenvalue weighted by Crippen LogP contribution is 2.39. The van der Waals surface area contributed by atoms with Crippen molar-refractivity contribution in [1.29, 1.82) is 0 Å². The van der Waals surface area contributed by atoms with Crippen LogP contribution in [0.15, 0.2) is 12.1 Å². The molecule has 0 spiro atoms. The molecule has 2 heterocycles. The first-order valence-corrected chi connectivity index (χ1v) is 17.0. The van der Waals surface area contributed by atoms with Gasteiger partial charge >= 0.3 is 0 Å². The lowest BCUT2D eigenvalue weighted by molar-refractivity contribution is 0.0926. The second kappa shape index (κ2) is 17.8. The number of likely N-dealkylation sites (tertiary alicyclic amines) is 2. The zero-order valence-electron chi connectivity index (χ0n) is 28.0. The molecule has 2 saturated heterocycles. The number of hydrogen-bond donors (Lipinski definition) is 4. The fraction of sp³-hybridized carbons (Fsp3) is 0.588. The molecular formula is C34H50Cl2N4O6. The number of phenols is 2. The average molecular weight is 682 g/mol. The normalized spacial score (nSPS) is 18.2. The van der Waals surface area contributed by atoms with E-state index in [2.05, 4.69) is 34.3 Å². The minimum Gasteiger partial charge on any atom is -0.507 e. The largest absolute Gasteiger partial charge is 0.507 e. The number of nitrogens with zero attached hydrogens (tertiary/aromatic N) is 2. The third kappa shape index (κ3) is 8.70. The molecule has 0 radical (unpaired) electrons. The maximum Gasteiger partial charge on any atom is 0.258 e. The van der Waals surface area contributed by atoms with Crippen molar-refractivity contribution in [3.63, 3.8) is 0 Å². The van der Waals surface area contributed by atoms with Gasteiger partial charge in [0, 0.05) is 25.2 Å². The van der Waals surface area contributed by atoms with E-state index < -0.39 is 0 Å². The van der Waals surface area contributed by atoms with E-state index in [1.807, 2.05) is 13.8 Å². The summed E-state index contributed by atoms with van der Waals surface area (Å²) < 4.78 is 10.5. The molecule has 0 aromatic heterocycles. The van der Waals surface area contributed by atoms with Crippen molar-refractivity contribution in [2.45, 2.75) is 78.3 Å². The van der Waals surface area contributed by atoms with Crippen molar-refractivity contribution in [3.8, 4) is 23.0 Å². The molecule has 2 aliphatic rings. The Hall–Kier alpha value is -2.92. The van der Waals surface area contributed by atoms with Crippen LogP contribution >= 0.6 is 23.2 Å². The van der Waals surface area contributed by atoms with Crippen molar-refractivity contribution in [1.82, 2.24) is 20.4 Å². The van der Waals surface area contributed by atoms with Crippen LogP contribution in [0.1, 0.15) is 85.2 Å². The predicted molar refractivity (Wildman–Crippen MR) is 183 cm³/mol. The Morgan fingerprint density at radius 3 is 1.43 bits per heavy atom. The van der Waals surface area contributed by atoms with Crippen LogP contribution in [0.2, 0.25) is 10.0 Å². The number of benzene rings is 2. The highest BCUT2D eigenvalue weighted by molar-refractivity contribution is 6.33. The summed E-state index contributed by atoms with van der Waals surface area (Å²) in [6, 6.07) is 3.98. The molecule has 4 N–H and O–H groups in total. The smallest absolute Gasteiger partial charge is 0.258 e. The van der Waals surface area contributed by atoms with E-state index in [0.29, 0.717) is 59.2 Å². The number of ether oxygens (including phenoxy) is 2. The van der Waals surface area contributed by atoms with Crippen molar-refractivity contribution in [2.24, 2.45) is 0 Å². The Morgan fingerprint density at radius 2 is 1.13 bits per heavy atom. The molecule has 0 saturated carbocycles. The molecule has 2 aromatic rings. The Bertz CT molecular complexity index is 1260. The molecule has 2 aromatic carbocycles. The molecular weight excluding hydrogens is 631 g/mol. The first-order valence-electron chi connectivity index (χ1n) is 16.3. The fourth-order valence-corrected chi connectivity index (χ4v) is 7.00. The minimum atomic E-state index is -0.348. The summed E-state index contributed by atoms with van der Waals surface area (Å²) in [5, 5.41) is 27.3. The topological polar surface area (TPSA) is 124 Å². The second-order valence-corrected chi connectivity index (χ2v) is 12.3. The molecule has 0 unspecified atom stereocenters. The van der Waals surface area contributed by atoms with Gasteiger partial charge < -0.3 is 30.3 Å². The molecule has 46 heavy (non-hydrogen) atoms. The SMILES string of the molecule is CCc1cc(Cl)c(OC)c(C(=O)NC[C@@H]2CCCN2CC)c1O.CCc1cc(Cl)c(OC)c(C(=O)NC[C@@H]2CCCN2CC)c1O. The maximum atomic E-state index is 12.6. The number of hydrogen-bond acceptors (Lipinski definition) is 8. The van der Waals surface area contributed by atoms with Crippen LogP contribution in [0.3, 0.4) is 0 Å². The molecule has 2 fully saturated rings. The zero-order chi connectivity index (χ0) is 34.0. The van der Waals surface area contributed by atoms with Crippen LogP contribution < -0.4 is 20.1 Å². The maximum absolute atomic E-state index is 12.6. The number of aromatic hydroxyl groups is 2. The van der Waals surface area contributed by atoms with Gasteiger partial charge in [-0.05, 0) is 88.0 Å². The summed E-state index contributed by atoms with van der Waals surface area (Å²) in [6.07, 6.45) is 5.63. The molecule has 2 atom stereocenters. The fourth-order valence-electron chi connectivity index (χ4n) is 6.39. The summed E-state index contributed by atoms with van der Waals surface area (Å²) in [5.41, 5.74) is 1.52. The lowest BCUT2D eigenvalue weighted by Gasteiger charge is -2.23. The number of likely N-dealkylation sites (N-methyl/N-ethyl adjacent to an activating group) is 2. The average Bonchev–Trinajstić information content (AvgIpc) is 3.72. The van der Waals surface area contributed by atoms with Gasteiger partial charge in [-0.15, -0.1) is 0 Å². The monoisotopic (exact) mass is 680 g/mol. The van der Waals surface area contributed by atoms with Gasteiger partial charge in [0.15, 0.2) is 11.5 Å². The second-order valence-electron chi connectivity index (χ2n) is 11.5. The number of nitrogens with one attached hydrogen (secondary N) is 2.